The first kappa shape index (κ1) is 19.6. The Morgan fingerprint density at radius 2 is 1.65 bits per heavy atom. The number of benzene rings is 2. The standard InChI is InChI=1S/C19H21ClN2O4/c1-25-16-9-3-13(11-17(16)26-2)4-10-18(23)21-12-19(24)22-15-7-5-14(20)6-8-15/h3,5-9,11H,4,10,12H2,1-2H3,(H,21,23)(H,22,24). The highest BCUT2D eigenvalue weighted by molar-refractivity contribution is 6.30. The van der Waals surface area contributed by atoms with Gasteiger partial charge in [0.05, 0.1) is 20.8 Å². The summed E-state index contributed by atoms with van der Waals surface area (Å²) < 4.78 is 10.4. The zero-order valence-corrected chi connectivity index (χ0v) is 15.4. The summed E-state index contributed by atoms with van der Waals surface area (Å²) in [5, 5.41) is 5.88. The second-order valence-electron chi connectivity index (χ2n) is 5.52. The summed E-state index contributed by atoms with van der Waals surface area (Å²) in [5.41, 5.74) is 1.57. The monoisotopic (exact) mass is 376 g/mol. The fourth-order valence-electron chi connectivity index (χ4n) is 2.30. The first-order valence-corrected chi connectivity index (χ1v) is 8.42. The van der Waals surface area contributed by atoms with Crippen molar-refractivity contribution in [2.24, 2.45) is 0 Å². The Hall–Kier alpha value is -2.73. The van der Waals surface area contributed by atoms with Crippen LogP contribution in [-0.2, 0) is 16.0 Å². The molecule has 0 aliphatic carbocycles. The van der Waals surface area contributed by atoms with Crippen LogP contribution in [-0.4, -0.2) is 32.6 Å². The van der Waals surface area contributed by atoms with E-state index >= 15 is 0 Å². The highest BCUT2D eigenvalue weighted by Crippen LogP contribution is 2.27. The summed E-state index contributed by atoms with van der Waals surface area (Å²) in [6.45, 7) is -0.0899. The van der Waals surface area contributed by atoms with Gasteiger partial charge in [-0.1, -0.05) is 17.7 Å². The van der Waals surface area contributed by atoms with Gasteiger partial charge in [-0.15, -0.1) is 0 Å². The molecule has 0 saturated heterocycles. The van der Waals surface area contributed by atoms with E-state index in [9.17, 15) is 9.59 Å². The van der Waals surface area contributed by atoms with Gasteiger partial charge in [0.25, 0.3) is 0 Å². The number of anilines is 1. The maximum atomic E-state index is 11.9. The molecule has 2 amide bonds. The van der Waals surface area contributed by atoms with Crippen LogP contribution in [0.2, 0.25) is 5.02 Å². The fraction of sp³-hybridized carbons (Fsp3) is 0.263. The second-order valence-corrected chi connectivity index (χ2v) is 5.96. The molecule has 0 fully saturated rings. The molecule has 0 radical (unpaired) electrons. The highest BCUT2D eigenvalue weighted by atomic mass is 35.5. The van der Waals surface area contributed by atoms with E-state index in [0.717, 1.165) is 5.56 Å². The Labute approximate surface area is 157 Å². The van der Waals surface area contributed by atoms with Crippen molar-refractivity contribution in [2.75, 3.05) is 26.1 Å². The fourth-order valence-corrected chi connectivity index (χ4v) is 2.43. The molecule has 2 aromatic rings. The number of methoxy groups -OCH3 is 2. The average molecular weight is 377 g/mol. The van der Waals surface area contributed by atoms with Crippen molar-refractivity contribution in [3.05, 3.63) is 53.1 Å². The van der Waals surface area contributed by atoms with Gasteiger partial charge in [0.15, 0.2) is 11.5 Å². The molecule has 0 aliphatic heterocycles. The number of hydrogen-bond acceptors (Lipinski definition) is 4. The van der Waals surface area contributed by atoms with Crippen LogP contribution in [0, 0.1) is 0 Å². The van der Waals surface area contributed by atoms with Crippen molar-refractivity contribution in [2.45, 2.75) is 12.8 Å². The number of hydrogen-bond donors (Lipinski definition) is 2. The van der Waals surface area contributed by atoms with Gasteiger partial charge in [-0.05, 0) is 48.4 Å². The lowest BCUT2D eigenvalue weighted by molar-refractivity contribution is -0.124. The molecule has 0 spiro atoms. The topological polar surface area (TPSA) is 76.7 Å². The number of nitrogens with one attached hydrogen (secondary N) is 2. The van der Waals surface area contributed by atoms with E-state index in [0.29, 0.717) is 28.6 Å². The maximum absolute atomic E-state index is 11.9. The van der Waals surface area contributed by atoms with Crippen molar-refractivity contribution >= 4 is 29.1 Å². The third-order valence-corrected chi connectivity index (χ3v) is 3.91. The van der Waals surface area contributed by atoms with Gasteiger partial charge in [-0.3, -0.25) is 9.59 Å². The Balaban J connectivity index is 1.76. The zero-order chi connectivity index (χ0) is 18.9. The van der Waals surface area contributed by atoms with Crippen LogP contribution in [0.25, 0.3) is 0 Å². The molecular weight excluding hydrogens is 356 g/mol. The molecule has 2 rings (SSSR count). The second kappa shape index (κ2) is 9.68. The van der Waals surface area contributed by atoms with E-state index in [4.69, 9.17) is 21.1 Å². The summed E-state index contributed by atoms with van der Waals surface area (Å²) in [5.74, 6) is 0.755. The first-order chi connectivity index (χ1) is 12.5. The molecule has 2 aromatic carbocycles. The predicted octanol–water partition coefficient (Wildman–Crippen LogP) is 3.04. The SMILES string of the molecule is COc1ccc(CCC(=O)NCC(=O)Nc2ccc(Cl)cc2)cc1OC. The lowest BCUT2D eigenvalue weighted by Crippen LogP contribution is -2.32. The minimum absolute atomic E-state index is 0.0899. The quantitative estimate of drug-likeness (QED) is 0.742. The van der Waals surface area contributed by atoms with Gasteiger partial charge >= 0.3 is 0 Å². The van der Waals surface area contributed by atoms with Crippen molar-refractivity contribution in [1.82, 2.24) is 5.32 Å². The number of amides is 2. The molecule has 0 saturated carbocycles. The van der Waals surface area contributed by atoms with Crippen molar-refractivity contribution in [3.8, 4) is 11.5 Å². The van der Waals surface area contributed by atoms with Crippen LogP contribution in [0.4, 0.5) is 5.69 Å². The lowest BCUT2D eigenvalue weighted by Gasteiger charge is -2.10. The highest BCUT2D eigenvalue weighted by Gasteiger charge is 2.09. The van der Waals surface area contributed by atoms with Gasteiger partial charge in [0.2, 0.25) is 11.8 Å². The van der Waals surface area contributed by atoms with E-state index in [1.165, 1.54) is 0 Å². The van der Waals surface area contributed by atoms with Gasteiger partial charge in [-0.2, -0.15) is 0 Å². The summed E-state index contributed by atoms with van der Waals surface area (Å²) in [6, 6.07) is 12.3. The average Bonchev–Trinajstić information content (AvgIpc) is 2.66. The molecule has 0 aromatic heterocycles. The Bertz CT molecular complexity index is 763. The Morgan fingerprint density at radius 1 is 0.962 bits per heavy atom. The molecule has 0 heterocycles. The van der Waals surface area contributed by atoms with Crippen LogP contribution in [0.5, 0.6) is 11.5 Å². The summed E-state index contributed by atoms with van der Waals surface area (Å²) in [7, 11) is 3.13. The van der Waals surface area contributed by atoms with E-state index < -0.39 is 0 Å². The smallest absolute Gasteiger partial charge is 0.243 e. The molecule has 0 bridgehead atoms. The lowest BCUT2D eigenvalue weighted by atomic mass is 10.1. The first-order valence-electron chi connectivity index (χ1n) is 8.05. The molecule has 26 heavy (non-hydrogen) atoms. The predicted molar refractivity (Wildman–Crippen MR) is 101 cm³/mol. The van der Waals surface area contributed by atoms with Gasteiger partial charge in [-0.25, -0.2) is 0 Å². The third kappa shape index (κ3) is 5.97. The number of carbonyl (C=O) groups excluding carboxylic acids is 2. The Kier molecular flexibility index (Phi) is 7.29. The van der Waals surface area contributed by atoms with E-state index in [1.807, 2.05) is 12.1 Å². The van der Waals surface area contributed by atoms with Crippen LogP contribution in [0.15, 0.2) is 42.5 Å². The molecule has 138 valence electrons. The number of ether oxygens (including phenoxy) is 2. The van der Waals surface area contributed by atoms with Crippen LogP contribution in [0.1, 0.15) is 12.0 Å². The number of halogens is 1. The van der Waals surface area contributed by atoms with Gasteiger partial charge in [0, 0.05) is 17.1 Å². The van der Waals surface area contributed by atoms with E-state index in [1.54, 1.807) is 44.6 Å². The molecule has 2 N–H and O–H groups in total. The Morgan fingerprint density at radius 3 is 2.31 bits per heavy atom. The van der Waals surface area contributed by atoms with Crippen molar-refractivity contribution < 1.29 is 19.1 Å². The molecule has 0 unspecified atom stereocenters. The van der Waals surface area contributed by atoms with Gasteiger partial charge < -0.3 is 20.1 Å². The van der Waals surface area contributed by atoms with Crippen molar-refractivity contribution in [3.63, 3.8) is 0 Å². The zero-order valence-electron chi connectivity index (χ0n) is 14.7. The van der Waals surface area contributed by atoms with E-state index in [-0.39, 0.29) is 24.8 Å². The molecular formula is C19H21ClN2O4. The molecule has 0 atom stereocenters. The summed E-state index contributed by atoms with van der Waals surface area (Å²) in [6.07, 6.45) is 0.800. The largest absolute Gasteiger partial charge is 0.493 e. The third-order valence-electron chi connectivity index (χ3n) is 3.66. The number of carbonyl (C=O) groups is 2. The normalized spacial score (nSPS) is 10.1. The van der Waals surface area contributed by atoms with Crippen LogP contribution < -0.4 is 20.1 Å². The summed E-state index contributed by atoms with van der Waals surface area (Å²) in [4.78, 5) is 23.8. The molecule has 6 nitrogen and oxygen atoms in total. The maximum Gasteiger partial charge on any atom is 0.243 e. The van der Waals surface area contributed by atoms with Crippen molar-refractivity contribution in [1.29, 1.82) is 0 Å². The van der Waals surface area contributed by atoms with Crippen LogP contribution >= 0.6 is 11.6 Å². The minimum atomic E-state index is -0.299. The van der Waals surface area contributed by atoms with E-state index in [2.05, 4.69) is 10.6 Å². The number of aryl methyl sites for hydroxylation is 1. The molecule has 0 aliphatic rings. The summed E-state index contributed by atoms with van der Waals surface area (Å²) >= 11 is 5.79. The van der Waals surface area contributed by atoms with Crippen LogP contribution in [0.3, 0.4) is 0 Å². The van der Waals surface area contributed by atoms with Gasteiger partial charge in [0.1, 0.15) is 0 Å². The number of rotatable bonds is 8. The minimum Gasteiger partial charge on any atom is -0.493 e. The molecule has 7 heteroatoms.